The van der Waals surface area contributed by atoms with E-state index in [0.717, 1.165) is 0 Å². The van der Waals surface area contributed by atoms with Crippen LogP contribution in [0.4, 0.5) is 0 Å². The van der Waals surface area contributed by atoms with Crippen molar-refractivity contribution in [2.75, 3.05) is 5.75 Å². The van der Waals surface area contributed by atoms with Gasteiger partial charge in [-0.2, -0.15) is 0 Å². The van der Waals surface area contributed by atoms with E-state index in [-0.39, 0.29) is 0 Å². The van der Waals surface area contributed by atoms with Crippen molar-refractivity contribution in [3.05, 3.63) is 78.9 Å². The van der Waals surface area contributed by atoms with Gasteiger partial charge in [0.25, 0.3) is 0 Å². The van der Waals surface area contributed by atoms with E-state index >= 15 is 0 Å². The van der Waals surface area contributed by atoms with Gasteiger partial charge in [-0.25, -0.2) is 0 Å². The summed E-state index contributed by atoms with van der Waals surface area (Å²) in [5.41, 5.74) is 2.57. The smallest absolute Gasteiger partial charge is 0.0122 e. The fraction of sp³-hybridized carbons (Fsp3) is 0.308. The number of rotatable bonds is 11. The van der Waals surface area contributed by atoms with Gasteiger partial charge in [0, 0.05) is 14.7 Å². The molecule has 0 aliphatic carbocycles. The van der Waals surface area contributed by atoms with E-state index in [0.29, 0.717) is 0 Å². The quantitative estimate of drug-likeness (QED) is 0.230. The predicted octanol–water partition coefficient (Wildman–Crippen LogP) is 8.96. The van der Waals surface area contributed by atoms with Crippen LogP contribution in [0.15, 0.2) is 93.5 Å². The van der Waals surface area contributed by atoms with Crippen LogP contribution in [0, 0.1) is 0 Å². The number of benzene rings is 3. The maximum Gasteiger partial charge on any atom is 0.0122 e. The molecule has 0 N–H and O–H groups in total. The minimum Gasteiger partial charge on any atom is -0.126 e. The molecule has 0 aliphatic heterocycles. The summed E-state index contributed by atoms with van der Waals surface area (Å²) in [7, 11) is 0. The minimum atomic E-state index is 1.23. The van der Waals surface area contributed by atoms with Crippen LogP contribution in [0.2, 0.25) is 0 Å². The van der Waals surface area contributed by atoms with E-state index in [9.17, 15) is 0 Å². The third-order valence-corrected chi connectivity index (χ3v) is 6.90. The molecule has 2 heteroatoms. The van der Waals surface area contributed by atoms with Crippen LogP contribution < -0.4 is 0 Å². The van der Waals surface area contributed by atoms with Gasteiger partial charge >= 0.3 is 0 Å². The monoisotopic (exact) mass is 406 g/mol. The molecular formula is C26H30S2. The molecule has 3 aromatic rings. The molecule has 0 atom stereocenters. The molecule has 0 aliphatic rings. The number of hydrogen-bond acceptors (Lipinski definition) is 2. The van der Waals surface area contributed by atoms with E-state index in [1.807, 2.05) is 23.5 Å². The molecule has 28 heavy (non-hydrogen) atoms. The SMILES string of the molecule is CCCCCCCCSc1ccc(-c2ccc(Sc3ccccc3)cc2)cc1. The zero-order chi connectivity index (χ0) is 19.4. The molecule has 3 aromatic carbocycles. The van der Waals surface area contributed by atoms with Gasteiger partial charge in [0.15, 0.2) is 0 Å². The first-order valence-corrected chi connectivity index (χ1v) is 12.2. The summed E-state index contributed by atoms with van der Waals surface area (Å²) in [5.74, 6) is 1.23. The van der Waals surface area contributed by atoms with Crippen molar-refractivity contribution in [2.24, 2.45) is 0 Å². The maximum atomic E-state index is 2.28. The van der Waals surface area contributed by atoms with E-state index in [4.69, 9.17) is 0 Å². The van der Waals surface area contributed by atoms with Gasteiger partial charge in [0.2, 0.25) is 0 Å². The Kier molecular flexibility index (Phi) is 9.06. The molecule has 0 aromatic heterocycles. The lowest BCUT2D eigenvalue weighted by Crippen LogP contribution is -1.83. The second kappa shape index (κ2) is 12.0. The first-order valence-electron chi connectivity index (χ1n) is 10.4. The van der Waals surface area contributed by atoms with Crippen LogP contribution >= 0.6 is 23.5 Å². The Hall–Kier alpha value is -1.64. The molecule has 0 bridgehead atoms. The van der Waals surface area contributed by atoms with Crippen LogP contribution in [0.1, 0.15) is 45.4 Å². The van der Waals surface area contributed by atoms with Crippen LogP contribution in [-0.2, 0) is 0 Å². The molecule has 0 amide bonds. The van der Waals surface area contributed by atoms with Gasteiger partial charge < -0.3 is 0 Å². The first kappa shape index (κ1) is 21.1. The van der Waals surface area contributed by atoms with Crippen LogP contribution in [0.5, 0.6) is 0 Å². The molecular weight excluding hydrogens is 376 g/mol. The summed E-state index contributed by atoms with van der Waals surface area (Å²) in [6.07, 6.45) is 8.22. The zero-order valence-electron chi connectivity index (χ0n) is 16.8. The Balaban J connectivity index is 1.46. The number of thioether (sulfide) groups is 1. The van der Waals surface area contributed by atoms with Gasteiger partial charge in [-0.1, -0.05) is 93.3 Å². The van der Waals surface area contributed by atoms with Crippen molar-refractivity contribution in [2.45, 2.75) is 60.1 Å². The Labute approximate surface area is 179 Å². The number of hydrogen-bond donors (Lipinski definition) is 0. The Morgan fingerprint density at radius 3 is 1.71 bits per heavy atom. The molecule has 0 radical (unpaired) electrons. The third-order valence-electron chi connectivity index (χ3n) is 4.79. The van der Waals surface area contributed by atoms with Gasteiger partial charge in [-0.3, -0.25) is 0 Å². The van der Waals surface area contributed by atoms with Crippen molar-refractivity contribution < 1.29 is 0 Å². The van der Waals surface area contributed by atoms with Crippen molar-refractivity contribution in [1.82, 2.24) is 0 Å². The molecule has 0 unspecified atom stereocenters. The van der Waals surface area contributed by atoms with Crippen molar-refractivity contribution in [3.8, 4) is 11.1 Å². The highest BCUT2D eigenvalue weighted by atomic mass is 32.2. The summed E-state index contributed by atoms with van der Waals surface area (Å²) in [5, 5.41) is 0. The largest absolute Gasteiger partial charge is 0.126 e. The maximum absolute atomic E-state index is 2.28. The van der Waals surface area contributed by atoms with E-state index in [1.165, 1.54) is 70.1 Å². The molecule has 146 valence electrons. The molecule has 3 rings (SSSR count). The summed E-state index contributed by atoms with van der Waals surface area (Å²) in [4.78, 5) is 3.94. The molecule has 0 saturated heterocycles. The molecule has 0 fully saturated rings. The van der Waals surface area contributed by atoms with Crippen LogP contribution in [0.25, 0.3) is 11.1 Å². The summed E-state index contributed by atoms with van der Waals surface area (Å²) >= 11 is 3.80. The minimum absolute atomic E-state index is 1.23. The lowest BCUT2D eigenvalue weighted by Gasteiger charge is -2.06. The fourth-order valence-corrected chi connectivity index (χ4v) is 4.91. The molecule has 0 saturated carbocycles. The predicted molar refractivity (Wildman–Crippen MR) is 127 cm³/mol. The molecule has 0 nitrogen and oxygen atoms in total. The van der Waals surface area contributed by atoms with Crippen molar-refractivity contribution in [3.63, 3.8) is 0 Å². The first-order chi connectivity index (χ1) is 13.8. The Morgan fingerprint density at radius 2 is 1.07 bits per heavy atom. The second-order valence-electron chi connectivity index (χ2n) is 7.08. The standard InChI is InChI=1S/C26H30S2/c1-2-3-4-5-6-10-21-27-24-17-13-22(14-18-24)23-15-19-26(20-16-23)28-25-11-8-7-9-12-25/h7-9,11-20H,2-6,10,21H2,1H3. The topological polar surface area (TPSA) is 0 Å². The summed E-state index contributed by atoms with van der Waals surface area (Å²) in [6, 6.07) is 28.5. The van der Waals surface area contributed by atoms with Crippen molar-refractivity contribution >= 4 is 23.5 Å². The lowest BCUT2D eigenvalue weighted by atomic mass is 10.1. The van der Waals surface area contributed by atoms with Crippen LogP contribution in [-0.4, -0.2) is 5.75 Å². The van der Waals surface area contributed by atoms with E-state index in [2.05, 4.69) is 85.8 Å². The highest BCUT2D eigenvalue weighted by molar-refractivity contribution is 7.99. The van der Waals surface area contributed by atoms with Gasteiger partial charge in [0.1, 0.15) is 0 Å². The van der Waals surface area contributed by atoms with E-state index < -0.39 is 0 Å². The fourth-order valence-electron chi connectivity index (χ4n) is 3.16. The average Bonchev–Trinajstić information content (AvgIpc) is 2.75. The number of unbranched alkanes of at least 4 members (excludes halogenated alkanes) is 5. The van der Waals surface area contributed by atoms with E-state index in [1.54, 1.807) is 0 Å². The van der Waals surface area contributed by atoms with Gasteiger partial charge in [-0.15, -0.1) is 11.8 Å². The normalized spacial score (nSPS) is 10.9. The third kappa shape index (κ3) is 7.07. The van der Waals surface area contributed by atoms with Crippen LogP contribution in [0.3, 0.4) is 0 Å². The Bertz CT molecular complexity index is 792. The van der Waals surface area contributed by atoms with Gasteiger partial charge in [-0.05, 0) is 59.7 Å². The summed E-state index contributed by atoms with van der Waals surface area (Å²) < 4.78 is 0. The Morgan fingerprint density at radius 1 is 0.536 bits per heavy atom. The highest BCUT2D eigenvalue weighted by Gasteiger charge is 2.01. The average molecular weight is 407 g/mol. The molecule has 0 spiro atoms. The zero-order valence-corrected chi connectivity index (χ0v) is 18.4. The molecule has 0 heterocycles. The lowest BCUT2D eigenvalue weighted by molar-refractivity contribution is 0.627. The highest BCUT2D eigenvalue weighted by Crippen LogP contribution is 2.30. The van der Waals surface area contributed by atoms with Gasteiger partial charge in [0.05, 0.1) is 0 Å². The van der Waals surface area contributed by atoms with Crippen molar-refractivity contribution in [1.29, 1.82) is 0 Å². The second-order valence-corrected chi connectivity index (χ2v) is 9.40. The summed E-state index contributed by atoms with van der Waals surface area (Å²) in [6.45, 7) is 2.28.